The molecule has 0 unspecified atom stereocenters. The summed E-state index contributed by atoms with van der Waals surface area (Å²) in [6.07, 6.45) is -4.14. The molecule has 2 N–H and O–H groups in total. The number of rotatable bonds is 5. The van der Waals surface area contributed by atoms with Crippen LogP contribution in [0.25, 0.3) is 0 Å². The molecule has 0 saturated carbocycles. The monoisotopic (exact) mass is 438 g/mol. The van der Waals surface area contributed by atoms with Crippen molar-refractivity contribution in [2.24, 2.45) is 0 Å². The van der Waals surface area contributed by atoms with Gasteiger partial charge < -0.3 is 19.7 Å². The number of hydrogen-bond acceptors (Lipinski definition) is 6. The molecule has 4 atom stereocenters. The van der Waals surface area contributed by atoms with Crippen LogP contribution < -0.4 is 0 Å². The summed E-state index contributed by atoms with van der Waals surface area (Å²) in [5, 5.41) is 20.8. The molecule has 2 aromatic rings. The van der Waals surface area contributed by atoms with Crippen molar-refractivity contribution in [2.75, 3.05) is 6.61 Å². The third-order valence-corrected chi connectivity index (χ3v) is 4.86. The first-order chi connectivity index (χ1) is 12.8. The van der Waals surface area contributed by atoms with Crippen LogP contribution >= 0.6 is 15.9 Å². The number of esters is 1. The maximum absolute atomic E-state index is 14.8. The molecular formula is C19H16BrFO6. The molecule has 2 aromatic carbocycles. The van der Waals surface area contributed by atoms with E-state index in [0.717, 1.165) is 0 Å². The van der Waals surface area contributed by atoms with E-state index in [4.69, 9.17) is 9.47 Å². The molecule has 1 aliphatic heterocycles. The van der Waals surface area contributed by atoms with Crippen LogP contribution in [0, 0.1) is 0 Å². The van der Waals surface area contributed by atoms with E-state index in [1.165, 1.54) is 24.3 Å². The van der Waals surface area contributed by atoms with Crippen molar-refractivity contribution in [3.63, 3.8) is 0 Å². The molecule has 0 spiro atoms. The normalized spacial score (nSPS) is 30.1. The molecule has 3 rings (SSSR count). The average molecular weight is 439 g/mol. The number of ether oxygens (including phenoxy) is 2. The Balaban J connectivity index is 1.84. The van der Waals surface area contributed by atoms with Crippen molar-refractivity contribution >= 4 is 27.7 Å². The maximum atomic E-state index is 14.8. The summed E-state index contributed by atoms with van der Waals surface area (Å²) in [5.74, 6) is -1.74. The van der Waals surface area contributed by atoms with Gasteiger partial charge in [0.25, 0.3) is 4.70 Å². The van der Waals surface area contributed by atoms with Crippen molar-refractivity contribution in [2.45, 2.75) is 22.6 Å². The van der Waals surface area contributed by atoms with E-state index in [2.05, 4.69) is 15.9 Å². The summed E-state index contributed by atoms with van der Waals surface area (Å²) in [7, 11) is 0. The Bertz CT molecular complexity index is 829. The van der Waals surface area contributed by atoms with Crippen LogP contribution in [0.4, 0.5) is 4.39 Å². The van der Waals surface area contributed by atoms with Gasteiger partial charge in [-0.3, -0.25) is 4.79 Å². The highest BCUT2D eigenvalue weighted by atomic mass is 79.9. The topological polar surface area (TPSA) is 93.1 Å². The first kappa shape index (κ1) is 19.6. The summed E-state index contributed by atoms with van der Waals surface area (Å²) in [6.45, 7) is -0.642. The second kappa shape index (κ2) is 7.47. The minimum atomic E-state index is -2.75. The largest absolute Gasteiger partial charge is 0.459 e. The Morgan fingerprint density at radius 1 is 1.04 bits per heavy atom. The Hall–Kier alpha value is -2.13. The van der Waals surface area contributed by atoms with Crippen LogP contribution in [0.1, 0.15) is 20.7 Å². The molecule has 1 fully saturated rings. The lowest BCUT2D eigenvalue weighted by atomic mass is 9.85. The molecule has 0 amide bonds. The molecule has 0 radical (unpaired) electrons. The lowest BCUT2D eigenvalue weighted by molar-refractivity contribution is -0.145. The molecular weight excluding hydrogens is 423 g/mol. The number of alkyl halides is 2. The average Bonchev–Trinajstić information content (AvgIpc) is 2.87. The fraction of sp³-hybridized carbons (Fsp3) is 0.263. The van der Waals surface area contributed by atoms with Crippen molar-refractivity contribution in [3.05, 3.63) is 71.8 Å². The van der Waals surface area contributed by atoms with Gasteiger partial charge in [0.05, 0.1) is 5.56 Å². The van der Waals surface area contributed by atoms with Crippen LogP contribution in [-0.4, -0.2) is 51.1 Å². The first-order valence-corrected chi connectivity index (χ1v) is 8.83. The summed E-state index contributed by atoms with van der Waals surface area (Å²) < 4.78 is 22.3. The highest BCUT2D eigenvalue weighted by molar-refractivity contribution is 9.10. The first-order valence-electron chi connectivity index (χ1n) is 8.04. The fourth-order valence-corrected chi connectivity index (χ4v) is 3.41. The number of ketones is 1. The van der Waals surface area contributed by atoms with Crippen LogP contribution in [0.2, 0.25) is 0 Å². The molecule has 6 nitrogen and oxygen atoms in total. The van der Waals surface area contributed by atoms with Crippen molar-refractivity contribution in [1.82, 2.24) is 0 Å². The van der Waals surface area contributed by atoms with Crippen LogP contribution in [0.5, 0.6) is 0 Å². The fourth-order valence-electron chi connectivity index (χ4n) is 2.84. The smallest absolute Gasteiger partial charge is 0.338 e. The van der Waals surface area contributed by atoms with Crippen LogP contribution in [0.3, 0.4) is 0 Å². The predicted octanol–water partition coefficient (Wildman–Crippen LogP) is 2.24. The van der Waals surface area contributed by atoms with Gasteiger partial charge >= 0.3 is 5.97 Å². The molecule has 142 valence electrons. The molecule has 27 heavy (non-hydrogen) atoms. The van der Waals surface area contributed by atoms with E-state index in [1.54, 1.807) is 36.4 Å². The van der Waals surface area contributed by atoms with Gasteiger partial charge in [-0.15, -0.1) is 0 Å². The molecule has 0 aromatic heterocycles. The van der Waals surface area contributed by atoms with E-state index in [1.807, 2.05) is 0 Å². The highest BCUT2D eigenvalue weighted by Gasteiger charge is 2.67. The number of aliphatic hydroxyl groups is 2. The quantitative estimate of drug-likeness (QED) is 0.422. The van der Waals surface area contributed by atoms with Gasteiger partial charge in [0.15, 0.2) is 5.60 Å². The lowest BCUT2D eigenvalue weighted by Gasteiger charge is -2.28. The Kier molecular flexibility index (Phi) is 5.43. The van der Waals surface area contributed by atoms with Gasteiger partial charge in [-0.25, -0.2) is 9.18 Å². The summed E-state index contributed by atoms with van der Waals surface area (Å²) in [5.41, 5.74) is -2.49. The standard InChI is InChI=1S/C19H16BrFO6/c20-19(25)17(21)18(24,15(22)12-7-3-1-4-8-12)14(27-19)11-26-16(23)13-9-5-2-6-10-13/h1-10,14,17,24-25H,11H2/t14-,17+,18+,19+/m1/s1. The molecule has 1 heterocycles. The number of benzene rings is 2. The Morgan fingerprint density at radius 2 is 1.56 bits per heavy atom. The number of Topliss-reactive ketones (excluding diaryl/α,β-unsaturated/α-hetero) is 1. The van der Waals surface area contributed by atoms with E-state index in [-0.39, 0.29) is 11.1 Å². The second-order valence-electron chi connectivity index (χ2n) is 6.06. The maximum Gasteiger partial charge on any atom is 0.338 e. The predicted molar refractivity (Wildman–Crippen MR) is 96.1 cm³/mol. The zero-order valence-electron chi connectivity index (χ0n) is 13.9. The van der Waals surface area contributed by atoms with Gasteiger partial charge in [-0.2, -0.15) is 0 Å². The third kappa shape index (κ3) is 3.66. The Morgan fingerprint density at radius 3 is 2.11 bits per heavy atom. The van der Waals surface area contributed by atoms with E-state index in [9.17, 15) is 24.2 Å². The second-order valence-corrected chi connectivity index (χ2v) is 7.20. The minimum absolute atomic E-state index is 0.0239. The van der Waals surface area contributed by atoms with E-state index >= 15 is 0 Å². The highest BCUT2D eigenvalue weighted by Crippen LogP contribution is 2.44. The molecule has 1 aliphatic rings. The number of halogens is 2. The summed E-state index contributed by atoms with van der Waals surface area (Å²) >= 11 is 2.62. The van der Waals surface area contributed by atoms with Crippen molar-refractivity contribution < 1.29 is 33.7 Å². The SMILES string of the molecule is O=C(OC[C@H]1O[C@](O)(Br)[C@@H](F)[C@@]1(O)C(=O)c1ccccc1)c1ccccc1. The third-order valence-electron chi connectivity index (χ3n) is 4.27. The molecule has 8 heteroatoms. The zero-order chi connectivity index (χ0) is 19.7. The zero-order valence-corrected chi connectivity index (χ0v) is 15.5. The molecule has 1 saturated heterocycles. The van der Waals surface area contributed by atoms with E-state index in [0.29, 0.717) is 0 Å². The lowest BCUT2D eigenvalue weighted by Crippen LogP contribution is -2.55. The summed E-state index contributed by atoms with van der Waals surface area (Å²) in [6, 6.07) is 15.5. The van der Waals surface area contributed by atoms with Crippen LogP contribution in [0.15, 0.2) is 60.7 Å². The van der Waals surface area contributed by atoms with E-state index < -0.39 is 40.9 Å². The van der Waals surface area contributed by atoms with Gasteiger partial charge in [-0.1, -0.05) is 48.5 Å². The number of hydrogen-bond donors (Lipinski definition) is 2. The summed E-state index contributed by atoms with van der Waals surface area (Å²) in [4.78, 5) is 24.8. The van der Waals surface area contributed by atoms with Crippen molar-refractivity contribution in [1.29, 1.82) is 0 Å². The molecule has 0 bridgehead atoms. The Labute approximate surface area is 162 Å². The molecule has 0 aliphatic carbocycles. The van der Waals surface area contributed by atoms with Gasteiger partial charge in [-0.05, 0) is 28.1 Å². The number of carbonyl (C=O) groups excluding carboxylic acids is 2. The van der Waals surface area contributed by atoms with Crippen LogP contribution in [-0.2, 0) is 9.47 Å². The van der Waals surface area contributed by atoms with Crippen molar-refractivity contribution in [3.8, 4) is 0 Å². The van der Waals surface area contributed by atoms with Gasteiger partial charge in [0.1, 0.15) is 12.7 Å². The van der Waals surface area contributed by atoms with Gasteiger partial charge in [0.2, 0.25) is 12.0 Å². The number of carbonyl (C=O) groups is 2. The van der Waals surface area contributed by atoms with Gasteiger partial charge in [0, 0.05) is 5.56 Å². The minimum Gasteiger partial charge on any atom is -0.459 e.